The van der Waals surface area contributed by atoms with Gasteiger partial charge in [-0.25, -0.2) is 9.97 Å². The van der Waals surface area contributed by atoms with Crippen LogP contribution in [0.4, 0.5) is 5.82 Å². The van der Waals surface area contributed by atoms with Gasteiger partial charge in [0, 0.05) is 32.4 Å². The molecule has 0 amide bonds. The lowest BCUT2D eigenvalue weighted by Gasteiger charge is -2.24. The number of aromatic nitrogens is 2. The van der Waals surface area contributed by atoms with Gasteiger partial charge in [-0.2, -0.15) is 0 Å². The molecule has 2 heterocycles. The van der Waals surface area contributed by atoms with E-state index in [1.807, 2.05) is 6.20 Å². The summed E-state index contributed by atoms with van der Waals surface area (Å²) in [7, 11) is 0. The fourth-order valence-electron chi connectivity index (χ4n) is 2.42. The summed E-state index contributed by atoms with van der Waals surface area (Å²) in [6, 6.07) is 0. The molecule has 6 heteroatoms. The van der Waals surface area contributed by atoms with Gasteiger partial charge in [0.2, 0.25) is 0 Å². The molecule has 1 saturated heterocycles. The van der Waals surface area contributed by atoms with E-state index in [0.29, 0.717) is 5.92 Å². The Morgan fingerprint density at radius 3 is 2.95 bits per heavy atom. The van der Waals surface area contributed by atoms with Gasteiger partial charge in [0.1, 0.15) is 12.1 Å². The Morgan fingerprint density at radius 1 is 1.37 bits per heavy atom. The number of nitrogens with two attached hydrogens (primary N) is 1. The maximum Gasteiger partial charge on any atom is 0.146 e. The summed E-state index contributed by atoms with van der Waals surface area (Å²) >= 11 is 3.53. The summed E-state index contributed by atoms with van der Waals surface area (Å²) in [4.78, 5) is 13.2. The Kier molecular flexibility index (Phi) is 5.54. The predicted molar refractivity (Wildman–Crippen MR) is 81.2 cm³/mol. The Bertz CT molecular complexity index is 400. The second kappa shape index (κ2) is 7.17. The van der Waals surface area contributed by atoms with Gasteiger partial charge in [0.25, 0.3) is 0 Å². The maximum atomic E-state index is 5.71. The van der Waals surface area contributed by atoms with Crippen LogP contribution in [0.25, 0.3) is 0 Å². The second-order valence-electron chi connectivity index (χ2n) is 5.18. The lowest BCUT2D eigenvalue weighted by Crippen LogP contribution is -2.35. The minimum atomic E-state index is 0.567. The quantitative estimate of drug-likeness (QED) is 0.904. The first kappa shape index (κ1) is 14.7. The molecule has 0 saturated carbocycles. The molecule has 1 aliphatic heterocycles. The monoisotopic (exact) mass is 327 g/mol. The van der Waals surface area contributed by atoms with Crippen molar-refractivity contribution < 1.29 is 0 Å². The minimum Gasteiger partial charge on any atom is -0.354 e. The molecule has 1 aliphatic rings. The van der Waals surface area contributed by atoms with Crippen molar-refractivity contribution in [1.29, 1.82) is 0 Å². The van der Waals surface area contributed by atoms with Crippen LogP contribution in [0, 0.1) is 5.92 Å². The molecule has 0 spiro atoms. The lowest BCUT2D eigenvalue weighted by molar-refractivity contribution is 0.255. The number of hydrogen-bond acceptors (Lipinski definition) is 5. The summed E-state index contributed by atoms with van der Waals surface area (Å²) in [6.45, 7) is 8.33. The van der Waals surface area contributed by atoms with E-state index in [9.17, 15) is 0 Å². The molecule has 0 radical (unpaired) electrons. The standard InChI is InChI=1S/C13H22BrN5/c1-11(7-15)9-18-3-2-4-19(6-5-18)13-12(14)8-16-10-17-13/h8,10-11H,2-7,9,15H2,1H3. The Labute approximate surface area is 123 Å². The predicted octanol–water partition coefficient (Wildman–Crippen LogP) is 1.35. The summed E-state index contributed by atoms with van der Waals surface area (Å²) in [5.74, 6) is 1.57. The van der Waals surface area contributed by atoms with Crippen LogP contribution in [-0.4, -0.2) is 54.1 Å². The van der Waals surface area contributed by atoms with Gasteiger partial charge in [-0.05, 0) is 41.4 Å². The minimum absolute atomic E-state index is 0.567. The van der Waals surface area contributed by atoms with Crippen LogP contribution in [0.3, 0.4) is 0 Å². The van der Waals surface area contributed by atoms with Crippen molar-refractivity contribution in [3.05, 3.63) is 17.0 Å². The maximum absolute atomic E-state index is 5.71. The van der Waals surface area contributed by atoms with Gasteiger partial charge >= 0.3 is 0 Å². The second-order valence-corrected chi connectivity index (χ2v) is 6.03. The number of halogens is 1. The highest BCUT2D eigenvalue weighted by atomic mass is 79.9. The first-order chi connectivity index (χ1) is 9.20. The van der Waals surface area contributed by atoms with Gasteiger partial charge < -0.3 is 15.5 Å². The molecule has 0 bridgehead atoms. The summed E-state index contributed by atoms with van der Waals surface area (Å²) < 4.78 is 0.971. The van der Waals surface area contributed by atoms with Gasteiger partial charge in [0.15, 0.2) is 0 Å². The van der Waals surface area contributed by atoms with Crippen molar-refractivity contribution in [2.24, 2.45) is 11.7 Å². The van der Waals surface area contributed by atoms with E-state index in [4.69, 9.17) is 5.73 Å². The summed E-state index contributed by atoms with van der Waals surface area (Å²) in [5.41, 5.74) is 5.71. The van der Waals surface area contributed by atoms with Gasteiger partial charge in [0.05, 0.1) is 4.47 Å². The number of nitrogens with zero attached hydrogens (tertiary/aromatic N) is 4. The van der Waals surface area contributed by atoms with E-state index in [-0.39, 0.29) is 0 Å². The van der Waals surface area contributed by atoms with Crippen molar-refractivity contribution in [1.82, 2.24) is 14.9 Å². The highest BCUT2D eigenvalue weighted by molar-refractivity contribution is 9.10. The van der Waals surface area contributed by atoms with Crippen LogP contribution in [-0.2, 0) is 0 Å². The molecule has 2 N–H and O–H groups in total. The lowest BCUT2D eigenvalue weighted by atomic mass is 10.1. The van der Waals surface area contributed by atoms with Crippen LogP contribution < -0.4 is 10.6 Å². The molecule has 19 heavy (non-hydrogen) atoms. The third kappa shape index (κ3) is 4.12. The average molecular weight is 328 g/mol. The molecule has 1 unspecified atom stereocenters. The van der Waals surface area contributed by atoms with Crippen molar-refractivity contribution in [3.8, 4) is 0 Å². The van der Waals surface area contributed by atoms with Crippen molar-refractivity contribution in [3.63, 3.8) is 0 Å². The topological polar surface area (TPSA) is 58.3 Å². The molecule has 1 aromatic rings. The third-order valence-corrected chi connectivity index (χ3v) is 4.07. The van der Waals surface area contributed by atoms with E-state index in [1.165, 1.54) is 0 Å². The van der Waals surface area contributed by atoms with Crippen LogP contribution in [0.1, 0.15) is 13.3 Å². The zero-order chi connectivity index (χ0) is 13.7. The van der Waals surface area contributed by atoms with E-state index in [0.717, 1.165) is 56.0 Å². The highest BCUT2D eigenvalue weighted by Gasteiger charge is 2.18. The van der Waals surface area contributed by atoms with E-state index < -0.39 is 0 Å². The van der Waals surface area contributed by atoms with E-state index in [1.54, 1.807) is 6.33 Å². The molecule has 1 atom stereocenters. The van der Waals surface area contributed by atoms with E-state index in [2.05, 4.69) is 42.6 Å². The molecular formula is C13H22BrN5. The molecule has 106 valence electrons. The Balaban J connectivity index is 1.95. The number of rotatable bonds is 4. The molecule has 5 nitrogen and oxygen atoms in total. The number of anilines is 1. The highest BCUT2D eigenvalue weighted by Crippen LogP contribution is 2.23. The molecular weight excluding hydrogens is 306 g/mol. The van der Waals surface area contributed by atoms with Crippen LogP contribution >= 0.6 is 15.9 Å². The van der Waals surface area contributed by atoms with Crippen LogP contribution in [0.2, 0.25) is 0 Å². The van der Waals surface area contributed by atoms with E-state index >= 15 is 0 Å². The first-order valence-electron chi connectivity index (χ1n) is 6.83. The molecule has 0 aromatic carbocycles. The normalized spacial score (nSPS) is 19.2. The number of hydrogen-bond donors (Lipinski definition) is 1. The van der Waals surface area contributed by atoms with Crippen molar-refractivity contribution in [2.75, 3.05) is 44.2 Å². The zero-order valence-corrected chi connectivity index (χ0v) is 13.0. The molecule has 0 aliphatic carbocycles. The molecule has 2 rings (SSSR count). The van der Waals surface area contributed by atoms with Gasteiger partial charge in [-0.1, -0.05) is 6.92 Å². The fraction of sp³-hybridized carbons (Fsp3) is 0.692. The third-order valence-electron chi connectivity index (χ3n) is 3.51. The summed E-state index contributed by atoms with van der Waals surface area (Å²) in [6.07, 6.45) is 4.58. The fourth-order valence-corrected chi connectivity index (χ4v) is 2.89. The Morgan fingerprint density at radius 2 is 2.21 bits per heavy atom. The van der Waals surface area contributed by atoms with Gasteiger partial charge in [-0.3, -0.25) is 0 Å². The van der Waals surface area contributed by atoms with Crippen molar-refractivity contribution >= 4 is 21.7 Å². The summed E-state index contributed by atoms with van der Waals surface area (Å²) in [5, 5.41) is 0. The largest absolute Gasteiger partial charge is 0.354 e. The zero-order valence-electron chi connectivity index (χ0n) is 11.4. The van der Waals surface area contributed by atoms with Gasteiger partial charge in [-0.15, -0.1) is 0 Å². The van der Waals surface area contributed by atoms with Crippen molar-refractivity contribution in [2.45, 2.75) is 13.3 Å². The first-order valence-corrected chi connectivity index (χ1v) is 7.63. The van der Waals surface area contributed by atoms with Crippen LogP contribution in [0.5, 0.6) is 0 Å². The average Bonchev–Trinajstić information content (AvgIpc) is 2.65. The van der Waals surface area contributed by atoms with Crippen LogP contribution in [0.15, 0.2) is 17.0 Å². The molecule has 1 fully saturated rings. The SMILES string of the molecule is CC(CN)CN1CCCN(c2ncncc2Br)CC1. The molecule has 1 aromatic heterocycles. The smallest absolute Gasteiger partial charge is 0.146 e. The Hall–Kier alpha value is -0.720.